The first-order valence-electron chi connectivity index (χ1n) is 10.3. The molecule has 7 rings (SSSR count). The lowest BCUT2D eigenvalue weighted by atomic mass is 9.81. The van der Waals surface area contributed by atoms with E-state index in [1.807, 2.05) is 23.5 Å². The van der Waals surface area contributed by atoms with Crippen LogP contribution in [0.15, 0.2) is 92.4 Å². The molecule has 1 aliphatic heterocycles. The Bertz CT molecular complexity index is 1520. The lowest BCUT2D eigenvalue weighted by Gasteiger charge is -2.22. The largest absolute Gasteiger partial charge is 0.353 e. The molecule has 0 fully saturated rings. The molecule has 1 aliphatic carbocycles. The summed E-state index contributed by atoms with van der Waals surface area (Å²) in [5.41, 5.74) is 8.15. The molecule has 1 nitrogen and oxygen atoms in total. The third-order valence-electron chi connectivity index (χ3n) is 6.66. The number of nitrogens with one attached hydrogen (secondary N) is 1. The average Bonchev–Trinajstić information content (AvgIpc) is 3.26. The highest BCUT2D eigenvalue weighted by Gasteiger charge is 2.37. The molecule has 5 aromatic rings. The summed E-state index contributed by atoms with van der Waals surface area (Å²) in [7, 11) is 0. The summed E-state index contributed by atoms with van der Waals surface area (Å²) < 4.78 is 0. The van der Waals surface area contributed by atoms with Crippen LogP contribution in [0, 0.1) is 0 Å². The van der Waals surface area contributed by atoms with Gasteiger partial charge in [0.05, 0.1) is 15.9 Å². The molecule has 0 saturated carbocycles. The molecular formula is C27H19NS2. The topological polar surface area (TPSA) is 15.8 Å². The third-order valence-corrected chi connectivity index (χ3v) is 9.26. The van der Waals surface area contributed by atoms with Crippen LogP contribution in [0.25, 0.3) is 32.9 Å². The summed E-state index contributed by atoms with van der Waals surface area (Å²) in [6, 6.07) is 26.8. The van der Waals surface area contributed by atoms with E-state index >= 15 is 0 Å². The molecule has 0 unspecified atom stereocenters. The Kier molecular flexibility index (Phi) is 3.28. The maximum absolute atomic E-state index is 3.89. The zero-order valence-electron chi connectivity index (χ0n) is 16.7. The van der Waals surface area contributed by atoms with E-state index in [1.54, 1.807) is 0 Å². The van der Waals surface area contributed by atoms with Crippen molar-refractivity contribution in [3.8, 4) is 11.1 Å². The highest BCUT2D eigenvalue weighted by atomic mass is 32.2. The van der Waals surface area contributed by atoms with E-state index in [9.17, 15) is 0 Å². The number of aromatic amines is 1. The van der Waals surface area contributed by atoms with E-state index in [2.05, 4.69) is 91.6 Å². The highest BCUT2D eigenvalue weighted by Crippen LogP contribution is 2.54. The van der Waals surface area contributed by atoms with Crippen molar-refractivity contribution in [3.05, 3.63) is 83.9 Å². The number of hydrogen-bond acceptors (Lipinski definition) is 2. The summed E-state index contributed by atoms with van der Waals surface area (Å²) >= 11 is 3.78. The molecule has 0 saturated heterocycles. The second-order valence-electron chi connectivity index (χ2n) is 8.67. The summed E-state index contributed by atoms with van der Waals surface area (Å²) in [6.45, 7) is 4.72. The van der Waals surface area contributed by atoms with E-state index in [0.29, 0.717) is 0 Å². The maximum atomic E-state index is 3.89. The van der Waals surface area contributed by atoms with Crippen molar-refractivity contribution in [2.45, 2.75) is 38.8 Å². The smallest absolute Gasteiger partial charge is 0.0618 e. The number of H-pyrrole nitrogens is 1. The lowest BCUT2D eigenvalue weighted by Crippen LogP contribution is -2.15. The van der Waals surface area contributed by atoms with Crippen molar-refractivity contribution in [2.24, 2.45) is 0 Å². The van der Waals surface area contributed by atoms with Gasteiger partial charge in [-0.15, -0.1) is 0 Å². The standard InChI is InChI=1S/C27H19NS2/c1-27(2)19-8-4-3-7-15(19)16-11-12-17-18-13-14-22-26(25(18)28-24(17)23(16)27)30-21-10-6-5-9-20(21)29-22/h3-14,28H,1-2H3. The fraction of sp³-hybridized carbons (Fsp3) is 0.111. The van der Waals surface area contributed by atoms with Gasteiger partial charge in [0.15, 0.2) is 0 Å². The Balaban J connectivity index is 1.54. The number of benzene rings is 4. The fourth-order valence-electron chi connectivity index (χ4n) is 5.29. The number of hydrogen-bond donors (Lipinski definition) is 1. The zero-order valence-corrected chi connectivity index (χ0v) is 18.4. The van der Waals surface area contributed by atoms with Crippen LogP contribution < -0.4 is 0 Å². The number of aromatic nitrogens is 1. The van der Waals surface area contributed by atoms with Crippen LogP contribution in [0.2, 0.25) is 0 Å². The van der Waals surface area contributed by atoms with Crippen molar-refractivity contribution in [1.82, 2.24) is 4.98 Å². The van der Waals surface area contributed by atoms with Gasteiger partial charge in [-0.2, -0.15) is 0 Å². The van der Waals surface area contributed by atoms with Crippen LogP contribution in [0.4, 0.5) is 0 Å². The van der Waals surface area contributed by atoms with Gasteiger partial charge in [0.1, 0.15) is 0 Å². The molecule has 0 spiro atoms. The van der Waals surface area contributed by atoms with Crippen LogP contribution in [-0.2, 0) is 5.41 Å². The molecule has 1 aromatic heterocycles. The predicted octanol–water partition coefficient (Wildman–Crippen LogP) is 8.24. The van der Waals surface area contributed by atoms with E-state index in [1.165, 1.54) is 63.6 Å². The third kappa shape index (κ3) is 2.07. The van der Waals surface area contributed by atoms with Crippen molar-refractivity contribution in [2.75, 3.05) is 0 Å². The zero-order chi connectivity index (χ0) is 20.0. The van der Waals surface area contributed by atoms with Crippen LogP contribution in [0.1, 0.15) is 25.0 Å². The monoisotopic (exact) mass is 421 g/mol. The predicted molar refractivity (Wildman–Crippen MR) is 128 cm³/mol. The van der Waals surface area contributed by atoms with Crippen molar-refractivity contribution >= 4 is 45.3 Å². The first kappa shape index (κ1) is 17.1. The molecule has 0 radical (unpaired) electrons. The minimum atomic E-state index is -0.0130. The van der Waals surface area contributed by atoms with Gasteiger partial charge in [0.25, 0.3) is 0 Å². The summed E-state index contributed by atoms with van der Waals surface area (Å²) in [5.74, 6) is 0. The van der Waals surface area contributed by atoms with E-state index in [-0.39, 0.29) is 5.41 Å². The minimum absolute atomic E-state index is 0.0130. The van der Waals surface area contributed by atoms with Crippen LogP contribution in [-0.4, -0.2) is 4.98 Å². The summed E-state index contributed by atoms with van der Waals surface area (Å²) in [4.78, 5) is 9.29. The lowest BCUT2D eigenvalue weighted by molar-refractivity contribution is 0.665. The van der Waals surface area contributed by atoms with Gasteiger partial charge in [0, 0.05) is 30.9 Å². The number of rotatable bonds is 0. The molecule has 4 aromatic carbocycles. The molecule has 2 aliphatic rings. The Morgan fingerprint density at radius 2 is 1.33 bits per heavy atom. The van der Waals surface area contributed by atoms with E-state index in [0.717, 1.165) is 0 Å². The Morgan fingerprint density at radius 1 is 0.633 bits per heavy atom. The Hall–Kier alpha value is -2.62. The molecule has 2 heterocycles. The quantitative estimate of drug-likeness (QED) is 0.266. The normalized spacial score (nSPS) is 15.7. The van der Waals surface area contributed by atoms with E-state index in [4.69, 9.17) is 0 Å². The first-order valence-corrected chi connectivity index (χ1v) is 11.9. The average molecular weight is 422 g/mol. The van der Waals surface area contributed by atoms with Crippen molar-refractivity contribution < 1.29 is 0 Å². The SMILES string of the molecule is CC1(C)c2ccccc2-c2ccc3c([nH]c4c5c(ccc43)Sc3ccccc3S5)c21. The first-order chi connectivity index (χ1) is 14.6. The molecule has 1 N–H and O–H groups in total. The molecule has 3 heteroatoms. The van der Waals surface area contributed by atoms with Crippen LogP contribution >= 0.6 is 23.5 Å². The summed E-state index contributed by atoms with van der Waals surface area (Å²) in [5, 5.41) is 2.66. The fourth-order valence-corrected chi connectivity index (χ4v) is 7.64. The van der Waals surface area contributed by atoms with Crippen LogP contribution in [0.3, 0.4) is 0 Å². The number of fused-ring (bicyclic) bond motifs is 10. The molecule has 144 valence electrons. The molecule has 0 bridgehead atoms. The van der Waals surface area contributed by atoms with Gasteiger partial charge in [-0.25, -0.2) is 0 Å². The van der Waals surface area contributed by atoms with Gasteiger partial charge in [0.2, 0.25) is 0 Å². The Labute approximate surface area is 183 Å². The second-order valence-corrected chi connectivity index (χ2v) is 10.8. The van der Waals surface area contributed by atoms with Crippen molar-refractivity contribution in [1.29, 1.82) is 0 Å². The van der Waals surface area contributed by atoms with Gasteiger partial charge in [-0.3, -0.25) is 0 Å². The van der Waals surface area contributed by atoms with Crippen molar-refractivity contribution in [3.63, 3.8) is 0 Å². The van der Waals surface area contributed by atoms with Gasteiger partial charge < -0.3 is 4.98 Å². The summed E-state index contributed by atoms with van der Waals surface area (Å²) in [6.07, 6.45) is 0. The molecular weight excluding hydrogens is 402 g/mol. The highest BCUT2D eigenvalue weighted by molar-refractivity contribution is 8.05. The van der Waals surface area contributed by atoms with E-state index < -0.39 is 0 Å². The molecule has 0 amide bonds. The van der Waals surface area contributed by atoms with Gasteiger partial charge in [-0.1, -0.05) is 92.0 Å². The second kappa shape index (κ2) is 5.75. The maximum Gasteiger partial charge on any atom is 0.0618 e. The molecule has 30 heavy (non-hydrogen) atoms. The van der Waals surface area contributed by atoms with Gasteiger partial charge in [-0.05, 0) is 40.5 Å². The Morgan fingerprint density at radius 3 is 2.20 bits per heavy atom. The minimum Gasteiger partial charge on any atom is -0.353 e. The van der Waals surface area contributed by atoms with Gasteiger partial charge >= 0.3 is 0 Å². The molecule has 0 atom stereocenters. The van der Waals surface area contributed by atoms with Crippen LogP contribution in [0.5, 0.6) is 0 Å².